The summed E-state index contributed by atoms with van der Waals surface area (Å²) in [5.41, 5.74) is 7.22. The lowest BCUT2D eigenvalue weighted by Crippen LogP contribution is -2.34. The minimum atomic E-state index is -0.254. The summed E-state index contributed by atoms with van der Waals surface area (Å²) >= 11 is 0. The summed E-state index contributed by atoms with van der Waals surface area (Å²) in [6.45, 7) is 5.51. The molecule has 2 N–H and O–H groups in total. The van der Waals surface area contributed by atoms with Crippen molar-refractivity contribution in [3.8, 4) is 0 Å². The van der Waals surface area contributed by atoms with Gasteiger partial charge in [0, 0.05) is 13.1 Å². The van der Waals surface area contributed by atoms with Crippen molar-refractivity contribution in [3.05, 3.63) is 11.9 Å². The van der Waals surface area contributed by atoms with E-state index in [0.29, 0.717) is 5.69 Å². The summed E-state index contributed by atoms with van der Waals surface area (Å²) in [6, 6.07) is -0.254. The van der Waals surface area contributed by atoms with Crippen LogP contribution in [0, 0.1) is 6.92 Å². The molecule has 0 aromatic carbocycles. The molecule has 0 aliphatic carbocycles. The first-order valence-electron chi connectivity index (χ1n) is 5.69. The van der Waals surface area contributed by atoms with E-state index < -0.39 is 0 Å². The van der Waals surface area contributed by atoms with Crippen LogP contribution in [0.2, 0.25) is 0 Å². The molecule has 0 unspecified atom stereocenters. The minimum Gasteiger partial charge on any atom is -0.396 e. The predicted molar refractivity (Wildman–Crippen MR) is 61.9 cm³/mol. The van der Waals surface area contributed by atoms with Crippen molar-refractivity contribution >= 4 is 11.6 Å². The van der Waals surface area contributed by atoms with Crippen LogP contribution in [0.15, 0.2) is 6.20 Å². The summed E-state index contributed by atoms with van der Waals surface area (Å²) in [4.78, 5) is 14.0. The van der Waals surface area contributed by atoms with E-state index in [1.54, 1.807) is 10.9 Å². The van der Waals surface area contributed by atoms with E-state index in [1.165, 1.54) is 0 Å². The third-order valence-electron chi connectivity index (χ3n) is 3.22. The average Bonchev–Trinajstić information content (AvgIpc) is 2.89. The van der Waals surface area contributed by atoms with Crippen molar-refractivity contribution in [2.24, 2.45) is 0 Å². The van der Waals surface area contributed by atoms with Gasteiger partial charge in [0.25, 0.3) is 0 Å². The quantitative estimate of drug-likeness (QED) is 0.810. The lowest BCUT2D eigenvalue weighted by molar-refractivity contribution is -0.133. The molecule has 2 rings (SSSR count). The van der Waals surface area contributed by atoms with Crippen molar-refractivity contribution < 1.29 is 4.79 Å². The molecule has 1 aliphatic heterocycles. The molecule has 5 heteroatoms. The zero-order valence-corrected chi connectivity index (χ0v) is 9.81. The zero-order valence-electron chi connectivity index (χ0n) is 9.81. The summed E-state index contributed by atoms with van der Waals surface area (Å²) in [6.07, 6.45) is 3.82. The van der Waals surface area contributed by atoms with Crippen LogP contribution >= 0.6 is 0 Å². The van der Waals surface area contributed by atoms with Crippen molar-refractivity contribution in [1.82, 2.24) is 14.7 Å². The van der Waals surface area contributed by atoms with Crippen LogP contribution in [-0.4, -0.2) is 33.7 Å². The van der Waals surface area contributed by atoms with Gasteiger partial charge in [-0.2, -0.15) is 5.10 Å². The highest BCUT2D eigenvalue weighted by Crippen LogP contribution is 2.19. The third-order valence-corrected chi connectivity index (χ3v) is 3.22. The number of anilines is 1. The van der Waals surface area contributed by atoms with Gasteiger partial charge in [-0.1, -0.05) is 0 Å². The Hall–Kier alpha value is -1.52. The normalized spacial score (nSPS) is 17.8. The van der Waals surface area contributed by atoms with Gasteiger partial charge in [0.15, 0.2) is 0 Å². The molecule has 1 aromatic heterocycles. The van der Waals surface area contributed by atoms with Gasteiger partial charge in [0.1, 0.15) is 6.04 Å². The number of rotatable bonds is 2. The molecule has 0 spiro atoms. The molecule has 1 aromatic rings. The van der Waals surface area contributed by atoms with Gasteiger partial charge in [0.05, 0.1) is 17.6 Å². The van der Waals surface area contributed by atoms with Gasteiger partial charge in [-0.25, -0.2) is 0 Å². The van der Waals surface area contributed by atoms with E-state index in [0.717, 1.165) is 31.6 Å². The van der Waals surface area contributed by atoms with E-state index in [4.69, 9.17) is 5.73 Å². The average molecular weight is 222 g/mol. The Balaban J connectivity index is 2.15. The van der Waals surface area contributed by atoms with Gasteiger partial charge < -0.3 is 10.6 Å². The van der Waals surface area contributed by atoms with E-state index in [2.05, 4.69) is 5.10 Å². The number of carbonyl (C=O) groups is 1. The smallest absolute Gasteiger partial charge is 0.247 e. The first-order chi connectivity index (χ1) is 7.61. The molecule has 1 saturated heterocycles. The van der Waals surface area contributed by atoms with Gasteiger partial charge >= 0.3 is 0 Å². The number of carbonyl (C=O) groups excluding carboxylic acids is 1. The van der Waals surface area contributed by atoms with Gasteiger partial charge in [-0.15, -0.1) is 0 Å². The van der Waals surface area contributed by atoms with E-state index in [-0.39, 0.29) is 11.9 Å². The zero-order chi connectivity index (χ0) is 11.7. The molecule has 1 amide bonds. The molecule has 0 saturated carbocycles. The number of nitrogens with two attached hydrogens (primary N) is 1. The fourth-order valence-corrected chi connectivity index (χ4v) is 2.13. The molecule has 0 bridgehead atoms. The molecule has 1 fully saturated rings. The van der Waals surface area contributed by atoms with E-state index >= 15 is 0 Å². The van der Waals surface area contributed by atoms with Crippen LogP contribution in [-0.2, 0) is 4.79 Å². The number of nitrogen functional groups attached to an aromatic ring is 1. The Bertz CT molecular complexity index is 393. The molecule has 1 atom stereocenters. The number of hydrogen-bond acceptors (Lipinski definition) is 3. The summed E-state index contributed by atoms with van der Waals surface area (Å²) in [7, 11) is 0. The van der Waals surface area contributed by atoms with Crippen LogP contribution in [0.3, 0.4) is 0 Å². The Kier molecular flexibility index (Phi) is 2.85. The monoisotopic (exact) mass is 222 g/mol. The van der Waals surface area contributed by atoms with Crippen LogP contribution in [0.1, 0.15) is 31.5 Å². The summed E-state index contributed by atoms with van der Waals surface area (Å²) < 4.78 is 1.70. The first kappa shape index (κ1) is 11.0. The van der Waals surface area contributed by atoms with Crippen molar-refractivity contribution in [3.63, 3.8) is 0 Å². The second kappa shape index (κ2) is 4.15. The highest BCUT2D eigenvalue weighted by atomic mass is 16.2. The van der Waals surface area contributed by atoms with E-state index in [9.17, 15) is 4.79 Å². The molecule has 0 radical (unpaired) electrons. The highest BCUT2D eigenvalue weighted by molar-refractivity contribution is 5.80. The Morgan fingerprint density at radius 3 is 2.62 bits per heavy atom. The van der Waals surface area contributed by atoms with Crippen molar-refractivity contribution in [1.29, 1.82) is 0 Å². The maximum absolute atomic E-state index is 12.1. The number of aromatic nitrogens is 2. The maximum atomic E-state index is 12.1. The Morgan fingerprint density at radius 2 is 2.12 bits per heavy atom. The summed E-state index contributed by atoms with van der Waals surface area (Å²) in [5, 5.41) is 4.15. The van der Waals surface area contributed by atoms with Gasteiger partial charge in [-0.3, -0.25) is 9.48 Å². The molecular formula is C11H18N4O. The molecule has 88 valence electrons. The van der Waals surface area contributed by atoms with E-state index in [1.807, 2.05) is 18.7 Å². The second-order valence-electron chi connectivity index (χ2n) is 4.34. The third kappa shape index (κ3) is 1.77. The summed E-state index contributed by atoms with van der Waals surface area (Å²) in [5.74, 6) is 0.142. The van der Waals surface area contributed by atoms with Gasteiger partial charge in [0.2, 0.25) is 5.91 Å². The molecule has 1 aliphatic rings. The molecule has 16 heavy (non-hydrogen) atoms. The fourth-order valence-electron chi connectivity index (χ4n) is 2.13. The predicted octanol–water partition coefficient (Wildman–Crippen LogP) is 0.957. The number of likely N-dealkylation sites (tertiary alicyclic amines) is 1. The first-order valence-corrected chi connectivity index (χ1v) is 5.69. The lowest BCUT2D eigenvalue weighted by Gasteiger charge is -2.21. The number of amides is 1. The van der Waals surface area contributed by atoms with Crippen molar-refractivity contribution in [2.75, 3.05) is 18.8 Å². The maximum Gasteiger partial charge on any atom is 0.247 e. The Labute approximate surface area is 95.2 Å². The standard InChI is InChI=1S/C11H18N4O/c1-8-10(12)7-13-15(8)9(2)11(16)14-5-3-4-6-14/h7,9H,3-6,12H2,1-2H3/t9-/m1/s1. The fraction of sp³-hybridized carbons (Fsp3) is 0.636. The number of nitrogens with zero attached hydrogens (tertiary/aromatic N) is 3. The topological polar surface area (TPSA) is 64.1 Å². The highest BCUT2D eigenvalue weighted by Gasteiger charge is 2.25. The van der Waals surface area contributed by atoms with Crippen LogP contribution in [0.4, 0.5) is 5.69 Å². The Morgan fingerprint density at radius 1 is 1.50 bits per heavy atom. The second-order valence-corrected chi connectivity index (χ2v) is 4.34. The van der Waals surface area contributed by atoms with Crippen LogP contribution < -0.4 is 5.73 Å². The van der Waals surface area contributed by atoms with Gasteiger partial charge in [-0.05, 0) is 26.7 Å². The molecule has 5 nitrogen and oxygen atoms in total. The van der Waals surface area contributed by atoms with Crippen LogP contribution in [0.5, 0.6) is 0 Å². The van der Waals surface area contributed by atoms with Crippen molar-refractivity contribution in [2.45, 2.75) is 32.7 Å². The lowest BCUT2D eigenvalue weighted by atomic mass is 10.3. The minimum absolute atomic E-state index is 0.142. The SMILES string of the molecule is Cc1c(N)cnn1[C@H](C)C(=O)N1CCCC1. The molecule has 2 heterocycles. The largest absolute Gasteiger partial charge is 0.396 e. The number of hydrogen-bond donors (Lipinski definition) is 1. The molecular weight excluding hydrogens is 204 g/mol. The van der Waals surface area contributed by atoms with Crippen LogP contribution in [0.25, 0.3) is 0 Å².